The lowest BCUT2D eigenvalue weighted by Gasteiger charge is -2.36. The normalized spacial score (nSPS) is 20.3. The summed E-state index contributed by atoms with van der Waals surface area (Å²) < 4.78 is 0. The van der Waals surface area contributed by atoms with Gasteiger partial charge in [-0.05, 0) is 17.9 Å². The molecule has 1 atom stereocenters. The number of rotatable bonds is 3. The van der Waals surface area contributed by atoms with Crippen molar-refractivity contribution in [2.45, 2.75) is 6.04 Å². The lowest BCUT2D eigenvalue weighted by atomic mass is 10.1. The van der Waals surface area contributed by atoms with Gasteiger partial charge in [0.25, 0.3) is 0 Å². The minimum absolute atomic E-state index is 0.122. The quantitative estimate of drug-likeness (QED) is 0.867. The average Bonchev–Trinajstić information content (AvgIpc) is 2.40. The Kier molecular flexibility index (Phi) is 4.39. The van der Waals surface area contributed by atoms with Crippen molar-refractivity contribution in [2.24, 2.45) is 0 Å². The van der Waals surface area contributed by atoms with E-state index in [4.69, 9.17) is 0 Å². The predicted molar refractivity (Wildman–Crippen MR) is 69.9 cm³/mol. The van der Waals surface area contributed by atoms with E-state index in [0.717, 1.165) is 25.2 Å². The van der Waals surface area contributed by atoms with Crippen LogP contribution in [0, 0.1) is 0 Å². The zero-order chi connectivity index (χ0) is 12.1. The van der Waals surface area contributed by atoms with Crippen molar-refractivity contribution in [3.63, 3.8) is 0 Å². The standard InChI is InChI=1S/C12H17N3OS/c1-17-9-12(16)15-6-5-14-8-11(15)10-3-2-4-13-7-10/h2-4,7,11,14H,5-6,8-9H2,1H3. The number of carbonyl (C=O) groups excluding carboxylic acids is 1. The Morgan fingerprint density at radius 2 is 2.59 bits per heavy atom. The highest BCUT2D eigenvalue weighted by atomic mass is 32.2. The van der Waals surface area contributed by atoms with Crippen LogP contribution >= 0.6 is 11.8 Å². The van der Waals surface area contributed by atoms with Crippen molar-refractivity contribution >= 4 is 17.7 Å². The molecule has 4 nitrogen and oxygen atoms in total. The lowest BCUT2D eigenvalue weighted by molar-refractivity contribution is -0.131. The van der Waals surface area contributed by atoms with E-state index in [2.05, 4.69) is 10.3 Å². The number of nitrogens with zero attached hydrogens (tertiary/aromatic N) is 2. The van der Waals surface area contributed by atoms with Crippen molar-refractivity contribution in [3.05, 3.63) is 30.1 Å². The summed E-state index contributed by atoms with van der Waals surface area (Å²) in [5.74, 6) is 0.768. The maximum absolute atomic E-state index is 12.0. The van der Waals surface area contributed by atoms with Gasteiger partial charge in [-0.15, -0.1) is 0 Å². The number of amides is 1. The molecule has 1 aliphatic rings. The number of hydrogen-bond acceptors (Lipinski definition) is 4. The van der Waals surface area contributed by atoms with E-state index >= 15 is 0 Å². The minimum Gasteiger partial charge on any atom is -0.332 e. The molecule has 1 N–H and O–H groups in total. The van der Waals surface area contributed by atoms with E-state index < -0.39 is 0 Å². The van der Waals surface area contributed by atoms with Gasteiger partial charge in [-0.3, -0.25) is 9.78 Å². The number of carbonyl (C=O) groups is 1. The summed E-state index contributed by atoms with van der Waals surface area (Å²) in [5, 5.41) is 3.33. The van der Waals surface area contributed by atoms with Crippen molar-refractivity contribution in [3.8, 4) is 0 Å². The van der Waals surface area contributed by atoms with Crippen LogP contribution in [0.3, 0.4) is 0 Å². The molecule has 0 radical (unpaired) electrons. The molecule has 1 aromatic heterocycles. The van der Waals surface area contributed by atoms with E-state index in [1.807, 2.05) is 29.5 Å². The first-order chi connectivity index (χ1) is 8.33. The molecule has 1 aliphatic heterocycles. The molecular formula is C12H17N3OS. The number of pyridine rings is 1. The number of thioether (sulfide) groups is 1. The topological polar surface area (TPSA) is 45.2 Å². The van der Waals surface area contributed by atoms with Crippen LogP contribution in [0.2, 0.25) is 0 Å². The highest BCUT2D eigenvalue weighted by Gasteiger charge is 2.27. The number of aromatic nitrogens is 1. The summed E-state index contributed by atoms with van der Waals surface area (Å²) in [7, 11) is 0. The molecule has 1 aromatic rings. The molecule has 1 fully saturated rings. The van der Waals surface area contributed by atoms with Gasteiger partial charge < -0.3 is 10.2 Å². The maximum Gasteiger partial charge on any atom is 0.233 e. The molecule has 0 spiro atoms. The Balaban J connectivity index is 2.15. The second-order valence-corrected chi connectivity index (χ2v) is 4.89. The van der Waals surface area contributed by atoms with Crippen LogP contribution in [0.4, 0.5) is 0 Å². The summed E-state index contributed by atoms with van der Waals surface area (Å²) in [6, 6.07) is 4.07. The summed E-state index contributed by atoms with van der Waals surface area (Å²) in [5.41, 5.74) is 1.11. The van der Waals surface area contributed by atoms with Crippen LogP contribution in [0.25, 0.3) is 0 Å². The second kappa shape index (κ2) is 6.02. The molecule has 1 saturated heterocycles. The Hall–Kier alpha value is -1.07. The fraction of sp³-hybridized carbons (Fsp3) is 0.500. The molecule has 1 unspecified atom stereocenters. The molecule has 0 saturated carbocycles. The molecule has 1 amide bonds. The van der Waals surface area contributed by atoms with Crippen LogP contribution in [-0.4, -0.2) is 47.4 Å². The van der Waals surface area contributed by atoms with E-state index in [0.29, 0.717) is 5.75 Å². The van der Waals surface area contributed by atoms with Gasteiger partial charge >= 0.3 is 0 Å². The van der Waals surface area contributed by atoms with Gasteiger partial charge in [0.05, 0.1) is 11.8 Å². The van der Waals surface area contributed by atoms with Gasteiger partial charge in [0, 0.05) is 32.0 Å². The van der Waals surface area contributed by atoms with E-state index in [1.54, 1.807) is 18.0 Å². The van der Waals surface area contributed by atoms with E-state index in [9.17, 15) is 4.79 Å². The molecular weight excluding hydrogens is 234 g/mol. The molecule has 0 aromatic carbocycles. The van der Waals surface area contributed by atoms with Gasteiger partial charge in [0.2, 0.25) is 5.91 Å². The van der Waals surface area contributed by atoms with Gasteiger partial charge in [-0.25, -0.2) is 0 Å². The Bertz CT molecular complexity index is 371. The largest absolute Gasteiger partial charge is 0.332 e. The first-order valence-electron chi connectivity index (χ1n) is 5.72. The summed E-state index contributed by atoms with van der Waals surface area (Å²) in [4.78, 5) is 18.1. The lowest BCUT2D eigenvalue weighted by Crippen LogP contribution is -2.49. The molecule has 0 aliphatic carbocycles. The zero-order valence-corrected chi connectivity index (χ0v) is 10.7. The summed E-state index contributed by atoms with van der Waals surface area (Å²) in [6.45, 7) is 2.46. The summed E-state index contributed by atoms with van der Waals surface area (Å²) in [6.07, 6.45) is 5.56. The van der Waals surface area contributed by atoms with Crippen LogP contribution in [-0.2, 0) is 4.79 Å². The van der Waals surface area contributed by atoms with E-state index in [-0.39, 0.29) is 11.9 Å². The number of hydrogen-bond donors (Lipinski definition) is 1. The number of nitrogens with one attached hydrogen (secondary N) is 1. The first kappa shape index (κ1) is 12.4. The van der Waals surface area contributed by atoms with Crippen molar-refractivity contribution in [2.75, 3.05) is 31.6 Å². The SMILES string of the molecule is CSCC(=O)N1CCNCC1c1cccnc1. The molecule has 2 rings (SSSR count). The third-order valence-electron chi connectivity index (χ3n) is 2.90. The Labute approximate surface area is 106 Å². The average molecular weight is 251 g/mol. The molecule has 5 heteroatoms. The second-order valence-electron chi connectivity index (χ2n) is 4.03. The monoisotopic (exact) mass is 251 g/mol. The summed E-state index contributed by atoms with van der Waals surface area (Å²) >= 11 is 1.57. The maximum atomic E-state index is 12.0. The highest BCUT2D eigenvalue weighted by molar-refractivity contribution is 7.99. The van der Waals surface area contributed by atoms with Gasteiger partial charge in [0.15, 0.2) is 0 Å². The van der Waals surface area contributed by atoms with Crippen LogP contribution in [0.1, 0.15) is 11.6 Å². The van der Waals surface area contributed by atoms with Crippen LogP contribution < -0.4 is 5.32 Å². The molecule has 0 bridgehead atoms. The Morgan fingerprint density at radius 3 is 3.29 bits per heavy atom. The zero-order valence-electron chi connectivity index (χ0n) is 9.93. The fourth-order valence-electron chi connectivity index (χ4n) is 2.08. The van der Waals surface area contributed by atoms with Crippen LogP contribution in [0.15, 0.2) is 24.5 Å². The van der Waals surface area contributed by atoms with Gasteiger partial charge in [0.1, 0.15) is 0 Å². The van der Waals surface area contributed by atoms with Gasteiger partial charge in [-0.2, -0.15) is 11.8 Å². The third kappa shape index (κ3) is 2.98. The number of piperazine rings is 1. The third-order valence-corrected chi connectivity index (χ3v) is 3.44. The minimum atomic E-state index is 0.122. The molecule has 92 valence electrons. The highest BCUT2D eigenvalue weighted by Crippen LogP contribution is 2.21. The van der Waals surface area contributed by atoms with Crippen molar-refractivity contribution in [1.82, 2.24) is 15.2 Å². The Morgan fingerprint density at radius 1 is 1.71 bits per heavy atom. The molecule has 2 heterocycles. The first-order valence-corrected chi connectivity index (χ1v) is 7.11. The van der Waals surface area contributed by atoms with Crippen molar-refractivity contribution in [1.29, 1.82) is 0 Å². The van der Waals surface area contributed by atoms with Crippen LogP contribution in [0.5, 0.6) is 0 Å². The van der Waals surface area contributed by atoms with Gasteiger partial charge in [-0.1, -0.05) is 6.07 Å². The van der Waals surface area contributed by atoms with Crippen molar-refractivity contribution < 1.29 is 4.79 Å². The molecule has 17 heavy (non-hydrogen) atoms. The fourth-order valence-corrected chi connectivity index (χ4v) is 2.49. The smallest absolute Gasteiger partial charge is 0.233 e. The van der Waals surface area contributed by atoms with E-state index in [1.165, 1.54) is 0 Å². The predicted octanol–water partition coefficient (Wildman–Crippen LogP) is 0.917.